The number of rotatable bonds is 0. The third kappa shape index (κ3) is 2.49. The van der Waals surface area contributed by atoms with E-state index in [9.17, 15) is 0 Å². The standard InChI is InChI=1S/C25H17NS.C2H6/c1-5-13-21-17(9-1)25(18-10-2-6-14-22(18)26-21)19-11-3-7-15-23(19)27-24-16-8-4-12-20(24)25;1-2/h1-16,26H;1-2H3. The largest absolute Gasteiger partial charge is 0.355 e. The maximum Gasteiger partial charge on any atom is 0.0763 e. The van der Waals surface area contributed by atoms with E-state index in [0.717, 1.165) is 0 Å². The lowest BCUT2D eigenvalue weighted by atomic mass is 9.62. The number of nitrogens with one attached hydrogen (secondary N) is 1. The van der Waals surface area contributed by atoms with Crippen LogP contribution in [0.15, 0.2) is 107 Å². The molecular formula is C27H23NS. The van der Waals surface area contributed by atoms with Crippen LogP contribution in [0.1, 0.15) is 36.1 Å². The first-order valence-electron chi connectivity index (χ1n) is 10.2. The molecule has 0 bridgehead atoms. The van der Waals surface area contributed by atoms with Crippen LogP contribution in [0.25, 0.3) is 0 Å². The summed E-state index contributed by atoms with van der Waals surface area (Å²) in [6, 6.07) is 35.2. The fourth-order valence-corrected chi connectivity index (χ4v) is 5.90. The fraction of sp³-hybridized carbons (Fsp3) is 0.111. The molecule has 1 nitrogen and oxygen atoms in total. The van der Waals surface area contributed by atoms with E-state index in [0.29, 0.717) is 0 Å². The van der Waals surface area contributed by atoms with Crippen molar-refractivity contribution >= 4 is 23.1 Å². The molecule has 6 rings (SSSR count). The molecule has 0 amide bonds. The van der Waals surface area contributed by atoms with Gasteiger partial charge in [-0.1, -0.05) is 98.4 Å². The Hall–Kier alpha value is -2.97. The van der Waals surface area contributed by atoms with Crippen molar-refractivity contribution in [2.45, 2.75) is 29.1 Å². The average molecular weight is 394 g/mol. The molecule has 0 fully saturated rings. The Kier molecular flexibility index (Phi) is 4.44. The predicted molar refractivity (Wildman–Crippen MR) is 124 cm³/mol. The SMILES string of the molecule is CC.c1ccc2c(c1)Nc1ccccc1C21c2ccccc2Sc2ccccc21. The molecule has 29 heavy (non-hydrogen) atoms. The van der Waals surface area contributed by atoms with Crippen LogP contribution in [0.4, 0.5) is 11.4 Å². The van der Waals surface area contributed by atoms with Crippen LogP contribution in [0.3, 0.4) is 0 Å². The molecule has 0 unspecified atom stereocenters. The summed E-state index contributed by atoms with van der Waals surface area (Å²) >= 11 is 1.88. The van der Waals surface area contributed by atoms with E-state index in [1.165, 1.54) is 43.4 Å². The summed E-state index contributed by atoms with van der Waals surface area (Å²) in [4.78, 5) is 2.67. The molecule has 2 aliphatic rings. The first-order chi connectivity index (χ1) is 14.4. The molecule has 0 radical (unpaired) electrons. The number of para-hydroxylation sites is 2. The third-order valence-electron chi connectivity index (χ3n) is 5.73. The summed E-state index contributed by atoms with van der Waals surface area (Å²) in [7, 11) is 0. The minimum absolute atomic E-state index is 0.295. The Bertz CT molecular complexity index is 1000. The van der Waals surface area contributed by atoms with Crippen molar-refractivity contribution in [2.75, 3.05) is 5.32 Å². The summed E-state index contributed by atoms with van der Waals surface area (Å²) in [6.07, 6.45) is 0. The second-order valence-corrected chi connectivity index (χ2v) is 8.14. The van der Waals surface area contributed by atoms with Gasteiger partial charge >= 0.3 is 0 Å². The molecule has 1 N–H and O–H groups in total. The Morgan fingerprint density at radius 2 is 0.897 bits per heavy atom. The normalized spacial score (nSPS) is 14.3. The van der Waals surface area contributed by atoms with Crippen molar-refractivity contribution in [2.24, 2.45) is 0 Å². The molecule has 4 aromatic carbocycles. The van der Waals surface area contributed by atoms with Gasteiger partial charge in [-0.25, -0.2) is 0 Å². The number of hydrogen-bond acceptors (Lipinski definition) is 2. The number of anilines is 2. The lowest BCUT2D eigenvalue weighted by molar-refractivity contribution is 0.699. The van der Waals surface area contributed by atoms with Crippen LogP contribution in [0.2, 0.25) is 0 Å². The first-order valence-corrected chi connectivity index (χ1v) is 11.0. The van der Waals surface area contributed by atoms with Crippen molar-refractivity contribution in [3.05, 3.63) is 119 Å². The van der Waals surface area contributed by atoms with Gasteiger partial charge in [0.2, 0.25) is 0 Å². The van der Waals surface area contributed by atoms with Crippen LogP contribution < -0.4 is 5.32 Å². The monoisotopic (exact) mass is 393 g/mol. The van der Waals surface area contributed by atoms with Crippen molar-refractivity contribution in [1.82, 2.24) is 0 Å². The van der Waals surface area contributed by atoms with Gasteiger partial charge in [0.25, 0.3) is 0 Å². The summed E-state index contributed by atoms with van der Waals surface area (Å²) < 4.78 is 0. The topological polar surface area (TPSA) is 12.0 Å². The molecule has 1 spiro atoms. The summed E-state index contributed by atoms with van der Waals surface area (Å²) in [5.74, 6) is 0. The molecule has 4 aromatic rings. The van der Waals surface area contributed by atoms with Crippen molar-refractivity contribution < 1.29 is 0 Å². The van der Waals surface area contributed by atoms with Gasteiger partial charge in [-0.2, -0.15) is 0 Å². The van der Waals surface area contributed by atoms with Crippen molar-refractivity contribution in [1.29, 1.82) is 0 Å². The lowest BCUT2D eigenvalue weighted by Gasteiger charge is -2.45. The summed E-state index contributed by atoms with van der Waals surface area (Å²) in [5, 5.41) is 3.67. The van der Waals surface area contributed by atoms with E-state index in [1.54, 1.807) is 0 Å². The molecule has 0 atom stereocenters. The van der Waals surface area contributed by atoms with Gasteiger partial charge < -0.3 is 5.32 Å². The van der Waals surface area contributed by atoms with Crippen LogP contribution in [0.5, 0.6) is 0 Å². The van der Waals surface area contributed by atoms with Crippen LogP contribution >= 0.6 is 11.8 Å². The number of hydrogen-bond donors (Lipinski definition) is 1. The van der Waals surface area contributed by atoms with Gasteiger partial charge in [-0.05, 0) is 46.5 Å². The van der Waals surface area contributed by atoms with Crippen molar-refractivity contribution in [3.8, 4) is 0 Å². The molecule has 2 heteroatoms. The zero-order chi connectivity index (χ0) is 19.8. The third-order valence-corrected chi connectivity index (χ3v) is 6.89. The zero-order valence-corrected chi connectivity index (χ0v) is 17.5. The van der Waals surface area contributed by atoms with E-state index < -0.39 is 0 Å². The maximum absolute atomic E-state index is 3.67. The molecular weight excluding hydrogens is 370 g/mol. The van der Waals surface area contributed by atoms with E-state index in [4.69, 9.17) is 0 Å². The Balaban J connectivity index is 0.000000882. The highest BCUT2D eigenvalue weighted by Crippen LogP contribution is 2.60. The molecule has 2 aliphatic heterocycles. The highest BCUT2D eigenvalue weighted by molar-refractivity contribution is 7.99. The molecule has 142 valence electrons. The van der Waals surface area contributed by atoms with Gasteiger partial charge in [0.15, 0.2) is 0 Å². The molecule has 2 heterocycles. The summed E-state index contributed by atoms with van der Waals surface area (Å²) in [5.41, 5.74) is 7.47. The van der Waals surface area contributed by atoms with E-state index in [1.807, 2.05) is 25.6 Å². The van der Waals surface area contributed by atoms with E-state index in [2.05, 4.69) is 102 Å². The second kappa shape index (κ2) is 7.13. The number of benzene rings is 4. The minimum Gasteiger partial charge on any atom is -0.355 e. The fourth-order valence-electron chi connectivity index (χ4n) is 4.70. The van der Waals surface area contributed by atoms with Gasteiger partial charge in [-0.3, -0.25) is 0 Å². The van der Waals surface area contributed by atoms with Crippen molar-refractivity contribution in [3.63, 3.8) is 0 Å². The predicted octanol–water partition coefficient (Wildman–Crippen LogP) is 7.62. The first kappa shape index (κ1) is 18.1. The van der Waals surface area contributed by atoms with E-state index >= 15 is 0 Å². The van der Waals surface area contributed by atoms with Crippen LogP contribution in [-0.4, -0.2) is 0 Å². The summed E-state index contributed by atoms with van der Waals surface area (Å²) in [6.45, 7) is 4.00. The highest BCUT2D eigenvalue weighted by atomic mass is 32.2. The Labute approximate surface area is 176 Å². The van der Waals surface area contributed by atoms with Crippen LogP contribution in [0, 0.1) is 0 Å². The maximum atomic E-state index is 3.67. The molecule has 0 aliphatic carbocycles. The van der Waals surface area contributed by atoms with Gasteiger partial charge in [0, 0.05) is 21.2 Å². The smallest absolute Gasteiger partial charge is 0.0763 e. The average Bonchev–Trinajstić information content (AvgIpc) is 2.80. The minimum atomic E-state index is -0.295. The van der Waals surface area contributed by atoms with E-state index in [-0.39, 0.29) is 5.41 Å². The molecule has 0 aromatic heterocycles. The number of fused-ring (bicyclic) bond motifs is 8. The molecule has 0 saturated carbocycles. The molecule has 0 saturated heterocycles. The second-order valence-electron chi connectivity index (χ2n) is 7.06. The highest BCUT2D eigenvalue weighted by Gasteiger charge is 2.48. The zero-order valence-electron chi connectivity index (χ0n) is 16.6. The van der Waals surface area contributed by atoms with Gasteiger partial charge in [-0.15, -0.1) is 0 Å². The van der Waals surface area contributed by atoms with Gasteiger partial charge in [0.05, 0.1) is 5.41 Å². The lowest BCUT2D eigenvalue weighted by Crippen LogP contribution is -2.37. The van der Waals surface area contributed by atoms with Crippen LogP contribution in [-0.2, 0) is 5.41 Å². The quantitative estimate of drug-likeness (QED) is 0.285. The Morgan fingerprint density at radius 3 is 1.38 bits per heavy atom. The van der Waals surface area contributed by atoms with Gasteiger partial charge in [0.1, 0.15) is 0 Å². The Morgan fingerprint density at radius 1 is 0.517 bits per heavy atom.